The number of nitrogens with zero attached hydrogens (tertiary/aromatic N) is 3. The summed E-state index contributed by atoms with van der Waals surface area (Å²) in [5.41, 5.74) is 4.53. The fraction of sp³-hybridized carbons (Fsp3) is 0.308. The van der Waals surface area contributed by atoms with Gasteiger partial charge in [0.15, 0.2) is 5.13 Å². The molecule has 8 heteroatoms. The van der Waals surface area contributed by atoms with Crippen molar-refractivity contribution in [3.8, 4) is 11.4 Å². The number of ether oxygens (including phenoxy) is 1. The first-order chi connectivity index (χ1) is 16.2. The minimum absolute atomic E-state index is 0.0540. The summed E-state index contributed by atoms with van der Waals surface area (Å²) in [4.78, 5) is 33.8. The predicted octanol–water partition coefficient (Wildman–Crippen LogP) is 5.20. The molecule has 0 fully saturated rings. The Kier molecular flexibility index (Phi) is 6.79. The topological polar surface area (TPSA) is 86.1 Å². The molecule has 2 heterocycles. The summed E-state index contributed by atoms with van der Waals surface area (Å²) in [7, 11) is 0. The van der Waals surface area contributed by atoms with E-state index in [1.54, 1.807) is 12.3 Å². The van der Waals surface area contributed by atoms with Crippen molar-refractivity contribution in [1.29, 1.82) is 0 Å². The Labute approximate surface area is 202 Å². The number of nitrogens with one attached hydrogen (secondary N) is 1. The quantitative estimate of drug-likeness (QED) is 0.371. The van der Waals surface area contributed by atoms with Gasteiger partial charge in [0.05, 0.1) is 29.8 Å². The molecule has 0 atom stereocenters. The van der Waals surface area contributed by atoms with Crippen LogP contribution in [0.3, 0.4) is 0 Å². The van der Waals surface area contributed by atoms with E-state index in [9.17, 15) is 9.59 Å². The summed E-state index contributed by atoms with van der Waals surface area (Å²) in [6.45, 7) is 8.71. The number of imidazole rings is 1. The van der Waals surface area contributed by atoms with Crippen molar-refractivity contribution in [3.05, 3.63) is 65.2 Å². The Balaban J connectivity index is 1.56. The second-order valence-corrected chi connectivity index (χ2v) is 9.87. The number of hydrogen-bond donors (Lipinski definition) is 1. The van der Waals surface area contributed by atoms with Crippen LogP contribution in [0.5, 0.6) is 0 Å². The molecule has 34 heavy (non-hydrogen) atoms. The highest BCUT2D eigenvalue weighted by molar-refractivity contribution is 7.13. The van der Waals surface area contributed by atoms with E-state index >= 15 is 0 Å². The molecular formula is C26H28N4O3S. The number of benzene rings is 2. The molecule has 4 rings (SSSR count). The van der Waals surface area contributed by atoms with E-state index in [0.717, 1.165) is 22.4 Å². The van der Waals surface area contributed by atoms with Gasteiger partial charge >= 0.3 is 5.97 Å². The number of thiazole rings is 1. The van der Waals surface area contributed by atoms with E-state index in [-0.39, 0.29) is 30.3 Å². The SMILES string of the molecule is CCOC(=O)Cc1csc(NC(=O)Cn2c(-c3ccc(C(C)(C)C)cc3)nc3ccccc32)n1. The van der Waals surface area contributed by atoms with Gasteiger partial charge in [-0.05, 0) is 30.0 Å². The minimum atomic E-state index is -0.335. The van der Waals surface area contributed by atoms with Gasteiger partial charge in [0.25, 0.3) is 0 Å². The highest BCUT2D eigenvalue weighted by Gasteiger charge is 2.18. The maximum absolute atomic E-state index is 12.9. The number of anilines is 1. The number of carbonyl (C=O) groups is 2. The molecule has 7 nitrogen and oxygen atoms in total. The van der Waals surface area contributed by atoms with Crippen molar-refractivity contribution in [2.24, 2.45) is 0 Å². The van der Waals surface area contributed by atoms with Crippen LogP contribution in [0, 0.1) is 0 Å². The third-order valence-corrected chi connectivity index (χ3v) is 6.20. The largest absolute Gasteiger partial charge is 0.466 e. The molecule has 0 spiro atoms. The number of rotatable bonds is 7. The molecule has 2 aromatic carbocycles. The number of hydrogen-bond acceptors (Lipinski definition) is 6. The molecule has 0 bridgehead atoms. The Bertz CT molecular complexity index is 1320. The van der Waals surface area contributed by atoms with E-state index in [0.29, 0.717) is 17.4 Å². The van der Waals surface area contributed by atoms with Gasteiger partial charge in [0.1, 0.15) is 12.4 Å². The Morgan fingerprint density at radius 3 is 2.50 bits per heavy atom. The summed E-state index contributed by atoms with van der Waals surface area (Å²) >= 11 is 1.28. The first-order valence-corrected chi connectivity index (χ1v) is 12.1. The number of esters is 1. The second kappa shape index (κ2) is 9.77. The number of para-hydroxylation sites is 2. The molecule has 176 valence electrons. The first kappa shape index (κ1) is 23.6. The van der Waals surface area contributed by atoms with Crippen molar-refractivity contribution in [2.45, 2.75) is 46.1 Å². The number of amides is 1. The third kappa shape index (κ3) is 5.34. The highest BCUT2D eigenvalue weighted by Crippen LogP contribution is 2.28. The normalized spacial score (nSPS) is 11.5. The van der Waals surface area contributed by atoms with E-state index in [2.05, 4.69) is 55.3 Å². The summed E-state index contributed by atoms with van der Waals surface area (Å²) in [5.74, 6) is 0.185. The van der Waals surface area contributed by atoms with Crippen LogP contribution in [0.2, 0.25) is 0 Å². The minimum Gasteiger partial charge on any atom is -0.466 e. The maximum Gasteiger partial charge on any atom is 0.311 e. The van der Waals surface area contributed by atoms with Crippen molar-refractivity contribution in [3.63, 3.8) is 0 Å². The zero-order valence-corrected chi connectivity index (χ0v) is 20.6. The van der Waals surface area contributed by atoms with E-state index < -0.39 is 0 Å². The van der Waals surface area contributed by atoms with Gasteiger partial charge in [-0.15, -0.1) is 11.3 Å². The lowest BCUT2D eigenvalue weighted by atomic mass is 9.87. The number of aromatic nitrogens is 3. The molecule has 1 amide bonds. The van der Waals surface area contributed by atoms with Crippen LogP contribution in [0.15, 0.2) is 53.9 Å². The maximum atomic E-state index is 12.9. The van der Waals surface area contributed by atoms with Gasteiger partial charge in [-0.1, -0.05) is 57.2 Å². The number of carbonyl (C=O) groups excluding carboxylic acids is 2. The van der Waals surface area contributed by atoms with Gasteiger partial charge in [0, 0.05) is 10.9 Å². The zero-order chi connectivity index (χ0) is 24.3. The van der Waals surface area contributed by atoms with Crippen LogP contribution in [-0.4, -0.2) is 33.0 Å². The summed E-state index contributed by atoms with van der Waals surface area (Å²) < 4.78 is 6.88. The lowest BCUT2D eigenvalue weighted by molar-refractivity contribution is -0.142. The van der Waals surface area contributed by atoms with Crippen molar-refractivity contribution in [2.75, 3.05) is 11.9 Å². The van der Waals surface area contributed by atoms with Gasteiger partial charge in [0.2, 0.25) is 5.91 Å². The molecule has 0 saturated heterocycles. The van der Waals surface area contributed by atoms with Crippen LogP contribution in [-0.2, 0) is 32.7 Å². The fourth-order valence-corrected chi connectivity index (χ4v) is 4.41. The smallest absolute Gasteiger partial charge is 0.311 e. The van der Waals surface area contributed by atoms with Gasteiger partial charge in [-0.3, -0.25) is 9.59 Å². The van der Waals surface area contributed by atoms with Gasteiger partial charge in [-0.25, -0.2) is 9.97 Å². The molecule has 4 aromatic rings. The van der Waals surface area contributed by atoms with Crippen LogP contribution in [0.1, 0.15) is 39.0 Å². The van der Waals surface area contributed by atoms with E-state index in [1.807, 2.05) is 28.8 Å². The van der Waals surface area contributed by atoms with Crippen molar-refractivity contribution < 1.29 is 14.3 Å². The fourth-order valence-electron chi connectivity index (χ4n) is 3.68. The molecular weight excluding hydrogens is 448 g/mol. The Morgan fingerprint density at radius 1 is 1.06 bits per heavy atom. The van der Waals surface area contributed by atoms with Crippen LogP contribution < -0.4 is 5.32 Å². The molecule has 0 radical (unpaired) electrons. The molecule has 2 aromatic heterocycles. The third-order valence-electron chi connectivity index (χ3n) is 5.39. The summed E-state index contributed by atoms with van der Waals surface area (Å²) in [5, 5.41) is 5.05. The van der Waals surface area contributed by atoms with Crippen molar-refractivity contribution >= 4 is 39.4 Å². The Morgan fingerprint density at radius 2 is 1.79 bits per heavy atom. The lowest BCUT2D eigenvalue weighted by Crippen LogP contribution is -2.19. The van der Waals surface area contributed by atoms with E-state index in [1.165, 1.54) is 16.9 Å². The zero-order valence-electron chi connectivity index (χ0n) is 19.8. The molecule has 1 N–H and O–H groups in total. The molecule has 0 unspecified atom stereocenters. The van der Waals surface area contributed by atoms with Crippen LogP contribution in [0.25, 0.3) is 22.4 Å². The van der Waals surface area contributed by atoms with Gasteiger partial charge < -0.3 is 14.6 Å². The standard InChI is InChI=1S/C26H28N4O3S/c1-5-33-23(32)14-19-16-34-25(27-19)29-22(31)15-30-21-9-7-6-8-20(21)28-24(30)17-10-12-18(13-11-17)26(2,3)4/h6-13,16H,5,14-15H2,1-4H3,(H,27,29,31). The second-order valence-electron chi connectivity index (χ2n) is 9.01. The monoisotopic (exact) mass is 476 g/mol. The van der Waals surface area contributed by atoms with Crippen LogP contribution in [0.4, 0.5) is 5.13 Å². The number of fused-ring (bicyclic) bond motifs is 1. The van der Waals surface area contributed by atoms with E-state index in [4.69, 9.17) is 9.72 Å². The molecule has 0 aliphatic heterocycles. The average molecular weight is 477 g/mol. The summed E-state index contributed by atoms with van der Waals surface area (Å²) in [6, 6.07) is 16.1. The highest BCUT2D eigenvalue weighted by atomic mass is 32.1. The Hall–Kier alpha value is -3.52. The lowest BCUT2D eigenvalue weighted by Gasteiger charge is -2.19. The average Bonchev–Trinajstić information content (AvgIpc) is 3.37. The summed E-state index contributed by atoms with van der Waals surface area (Å²) in [6.07, 6.45) is 0.0844. The van der Waals surface area contributed by atoms with Crippen molar-refractivity contribution in [1.82, 2.24) is 14.5 Å². The van der Waals surface area contributed by atoms with Gasteiger partial charge in [-0.2, -0.15) is 0 Å². The molecule has 0 saturated carbocycles. The molecule has 0 aliphatic carbocycles. The van der Waals surface area contributed by atoms with Crippen LogP contribution >= 0.6 is 11.3 Å². The first-order valence-electron chi connectivity index (χ1n) is 11.2. The predicted molar refractivity (Wildman–Crippen MR) is 135 cm³/mol. The molecule has 0 aliphatic rings.